The fourth-order valence-corrected chi connectivity index (χ4v) is 2.62. The van der Waals surface area contributed by atoms with Crippen molar-refractivity contribution in [3.05, 3.63) is 28.2 Å². The van der Waals surface area contributed by atoms with Gasteiger partial charge in [0.15, 0.2) is 0 Å². The first-order valence-electron chi connectivity index (χ1n) is 4.68. The molecule has 0 aromatic heterocycles. The van der Waals surface area contributed by atoms with Crippen molar-refractivity contribution in [1.29, 1.82) is 0 Å². The van der Waals surface area contributed by atoms with Crippen LogP contribution in [-0.2, 0) is 9.73 Å². The van der Waals surface area contributed by atoms with E-state index in [2.05, 4.69) is 4.36 Å². The molecule has 5 heteroatoms. The highest BCUT2D eigenvalue weighted by Crippen LogP contribution is 2.29. The lowest BCUT2D eigenvalue weighted by Crippen LogP contribution is -2.04. The molecule has 1 aromatic carbocycles. The SMILES string of the molecule is CCS(=O)(CC)=Nc1cc(Cl)ccc1Cl. The maximum absolute atomic E-state index is 12.1. The van der Waals surface area contributed by atoms with Gasteiger partial charge in [0, 0.05) is 16.5 Å². The summed E-state index contributed by atoms with van der Waals surface area (Å²) in [5.74, 6) is 1.04. The molecular formula is C10H13Cl2NOS. The van der Waals surface area contributed by atoms with Gasteiger partial charge >= 0.3 is 0 Å². The second kappa shape index (κ2) is 5.19. The number of benzene rings is 1. The predicted octanol–water partition coefficient (Wildman–Crippen LogP) is 4.13. The van der Waals surface area contributed by atoms with Gasteiger partial charge < -0.3 is 0 Å². The molecule has 2 nitrogen and oxygen atoms in total. The van der Waals surface area contributed by atoms with Crippen LogP contribution in [0.4, 0.5) is 5.69 Å². The van der Waals surface area contributed by atoms with Crippen LogP contribution in [0.1, 0.15) is 13.8 Å². The molecule has 0 spiro atoms. The van der Waals surface area contributed by atoms with Crippen LogP contribution in [0.3, 0.4) is 0 Å². The first kappa shape index (κ1) is 12.8. The van der Waals surface area contributed by atoms with E-state index in [1.165, 1.54) is 0 Å². The van der Waals surface area contributed by atoms with E-state index in [1.54, 1.807) is 18.2 Å². The van der Waals surface area contributed by atoms with Gasteiger partial charge in [-0.2, -0.15) is 4.36 Å². The van der Waals surface area contributed by atoms with E-state index in [0.29, 0.717) is 27.2 Å². The van der Waals surface area contributed by atoms with Crippen molar-refractivity contribution < 1.29 is 4.21 Å². The minimum atomic E-state index is -2.18. The van der Waals surface area contributed by atoms with Crippen molar-refractivity contribution in [3.63, 3.8) is 0 Å². The molecule has 0 radical (unpaired) electrons. The van der Waals surface area contributed by atoms with Crippen LogP contribution in [0, 0.1) is 0 Å². The monoisotopic (exact) mass is 265 g/mol. The van der Waals surface area contributed by atoms with Gasteiger partial charge in [0.05, 0.1) is 20.4 Å². The van der Waals surface area contributed by atoms with Crippen LogP contribution in [-0.4, -0.2) is 15.7 Å². The molecule has 0 aliphatic carbocycles. The topological polar surface area (TPSA) is 29.4 Å². The van der Waals surface area contributed by atoms with Crippen LogP contribution in [0.15, 0.2) is 22.6 Å². The summed E-state index contributed by atoms with van der Waals surface area (Å²) in [5, 5.41) is 1.03. The number of halogens is 2. The van der Waals surface area contributed by atoms with Crippen molar-refractivity contribution >= 4 is 38.6 Å². The van der Waals surface area contributed by atoms with E-state index in [-0.39, 0.29) is 0 Å². The molecule has 0 fully saturated rings. The van der Waals surface area contributed by atoms with Crippen LogP contribution in [0.25, 0.3) is 0 Å². The first-order valence-corrected chi connectivity index (χ1v) is 7.29. The van der Waals surface area contributed by atoms with Crippen LogP contribution in [0.5, 0.6) is 0 Å². The van der Waals surface area contributed by atoms with Crippen molar-refractivity contribution in [3.8, 4) is 0 Å². The molecule has 84 valence electrons. The third-order valence-corrected chi connectivity index (χ3v) is 4.96. The Labute approximate surface area is 101 Å². The summed E-state index contributed by atoms with van der Waals surface area (Å²) in [7, 11) is -2.18. The van der Waals surface area contributed by atoms with Gasteiger partial charge in [0.25, 0.3) is 0 Å². The summed E-state index contributed by atoms with van der Waals surface area (Å²) >= 11 is 11.8. The number of rotatable bonds is 3. The molecule has 0 saturated carbocycles. The number of hydrogen-bond acceptors (Lipinski definition) is 2. The van der Waals surface area contributed by atoms with Crippen LogP contribution >= 0.6 is 23.2 Å². The molecular weight excluding hydrogens is 253 g/mol. The molecule has 1 aromatic rings. The zero-order chi connectivity index (χ0) is 11.5. The minimum absolute atomic E-state index is 0.481. The molecule has 0 aliphatic heterocycles. The summed E-state index contributed by atoms with van der Waals surface area (Å²) in [4.78, 5) is 0. The van der Waals surface area contributed by atoms with E-state index in [9.17, 15) is 4.21 Å². The second-order valence-corrected chi connectivity index (χ2v) is 6.76. The smallest absolute Gasteiger partial charge is 0.0931 e. The van der Waals surface area contributed by atoms with Gasteiger partial charge in [-0.15, -0.1) is 0 Å². The molecule has 0 amide bonds. The third-order valence-electron chi connectivity index (χ3n) is 2.08. The minimum Gasteiger partial charge on any atom is -0.249 e. The van der Waals surface area contributed by atoms with Crippen molar-refractivity contribution in [2.75, 3.05) is 11.5 Å². The summed E-state index contributed by atoms with van der Waals surface area (Å²) < 4.78 is 16.3. The molecule has 0 aliphatic rings. The average molecular weight is 266 g/mol. The highest BCUT2D eigenvalue weighted by atomic mass is 35.5. The Kier molecular flexibility index (Phi) is 4.44. The number of nitrogens with zero attached hydrogens (tertiary/aromatic N) is 1. The van der Waals surface area contributed by atoms with Crippen LogP contribution < -0.4 is 0 Å². The maximum atomic E-state index is 12.1. The highest BCUT2D eigenvalue weighted by molar-refractivity contribution is 7.93. The van der Waals surface area contributed by atoms with Gasteiger partial charge in [-0.3, -0.25) is 0 Å². The summed E-state index contributed by atoms with van der Waals surface area (Å²) in [6, 6.07) is 4.98. The zero-order valence-corrected chi connectivity index (χ0v) is 11.0. The molecule has 0 bridgehead atoms. The fourth-order valence-electron chi connectivity index (χ4n) is 1.07. The molecule has 0 saturated heterocycles. The van der Waals surface area contributed by atoms with Crippen LogP contribution in [0.2, 0.25) is 10.0 Å². The quantitative estimate of drug-likeness (QED) is 0.808. The van der Waals surface area contributed by atoms with Crippen molar-refractivity contribution in [1.82, 2.24) is 0 Å². The van der Waals surface area contributed by atoms with Gasteiger partial charge in [-0.25, -0.2) is 4.21 Å². The normalized spacial score (nSPS) is 11.5. The van der Waals surface area contributed by atoms with Gasteiger partial charge in [0.2, 0.25) is 0 Å². The molecule has 0 unspecified atom stereocenters. The van der Waals surface area contributed by atoms with E-state index in [1.807, 2.05) is 13.8 Å². The first-order chi connectivity index (χ1) is 7.00. The fraction of sp³-hybridized carbons (Fsp3) is 0.400. The largest absolute Gasteiger partial charge is 0.249 e. The predicted molar refractivity (Wildman–Crippen MR) is 67.8 cm³/mol. The van der Waals surface area contributed by atoms with E-state index >= 15 is 0 Å². The average Bonchev–Trinajstić information content (AvgIpc) is 2.23. The van der Waals surface area contributed by atoms with E-state index in [0.717, 1.165) is 0 Å². The number of hydrogen-bond donors (Lipinski definition) is 0. The lowest BCUT2D eigenvalue weighted by Gasteiger charge is -2.05. The summed E-state index contributed by atoms with van der Waals surface area (Å²) in [6.45, 7) is 3.71. The lowest BCUT2D eigenvalue weighted by atomic mass is 10.3. The standard InChI is InChI=1S/C10H13Cl2NOS/c1-3-15(14,4-2)13-10-7-8(11)5-6-9(10)12/h5-7H,3-4H2,1-2H3. The Balaban J connectivity index is 3.29. The third kappa shape index (κ3) is 3.37. The van der Waals surface area contributed by atoms with E-state index in [4.69, 9.17) is 23.2 Å². The van der Waals surface area contributed by atoms with Gasteiger partial charge in [-0.1, -0.05) is 37.0 Å². The Morgan fingerprint density at radius 1 is 1.27 bits per heavy atom. The van der Waals surface area contributed by atoms with Crippen molar-refractivity contribution in [2.45, 2.75) is 13.8 Å². The Hall–Kier alpha value is -0.250. The highest BCUT2D eigenvalue weighted by Gasteiger charge is 2.06. The Morgan fingerprint density at radius 2 is 1.87 bits per heavy atom. The lowest BCUT2D eigenvalue weighted by molar-refractivity contribution is 0.678. The zero-order valence-electron chi connectivity index (χ0n) is 8.67. The summed E-state index contributed by atoms with van der Waals surface area (Å²) in [6.07, 6.45) is 0. The molecule has 1 rings (SSSR count). The molecule has 0 heterocycles. The molecule has 0 N–H and O–H groups in total. The molecule has 0 atom stereocenters. The Morgan fingerprint density at radius 3 is 2.40 bits per heavy atom. The van der Waals surface area contributed by atoms with Gasteiger partial charge in [-0.05, 0) is 18.2 Å². The van der Waals surface area contributed by atoms with Crippen molar-refractivity contribution in [2.24, 2.45) is 4.36 Å². The van der Waals surface area contributed by atoms with Gasteiger partial charge in [0.1, 0.15) is 0 Å². The second-order valence-electron chi connectivity index (χ2n) is 3.04. The molecule has 15 heavy (non-hydrogen) atoms. The maximum Gasteiger partial charge on any atom is 0.0931 e. The summed E-state index contributed by atoms with van der Waals surface area (Å²) in [5.41, 5.74) is 0.512. The Bertz CT molecular complexity index is 454. The van der Waals surface area contributed by atoms with E-state index < -0.39 is 9.73 Å².